The first kappa shape index (κ1) is 18.3. The SMILES string of the molecule is CCC[C@@H](C)NC(=O)CSc1nnc(-c2ccc(OCC)cc2)o1. The Bertz CT molecular complexity index is 643. The Morgan fingerprint density at radius 3 is 2.71 bits per heavy atom. The van der Waals surface area contributed by atoms with Gasteiger partial charge in [-0.25, -0.2) is 0 Å². The maximum atomic E-state index is 11.8. The molecule has 0 saturated carbocycles. The minimum atomic E-state index is -0.0261. The summed E-state index contributed by atoms with van der Waals surface area (Å²) < 4.78 is 11.0. The van der Waals surface area contributed by atoms with Gasteiger partial charge in [-0.05, 0) is 44.5 Å². The normalized spacial score (nSPS) is 12.0. The molecule has 130 valence electrons. The molecule has 0 aliphatic carbocycles. The van der Waals surface area contributed by atoms with Gasteiger partial charge in [0.25, 0.3) is 5.22 Å². The average Bonchev–Trinajstić information content (AvgIpc) is 3.03. The number of carbonyl (C=O) groups is 1. The standard InChI is InChI=1S/C17H23N3O3S/c1-4-6-12(3)18-15(21)11-24-17-20-19-16(23-17)13-7-9-14(10-8-13)22-5-2/h7-10,12H,4-6,11H2,1-3H3,(H,18,21)/t12-/m1/s1. The topological polar surface area (TPSA) is 77.2 Å². The van der Waals surface area contributed by atoms with E-state index in [-0.39, 0.29) is 17.7 Å². The lowest BCUT2D eigenvalue weighted by molar-refractivity contribution is -0.119. The minimum absolute atomic E-state index is 0.0261. The van der Waals surface area contributed by atoms with E-state index in [2.05, 4.69) is 22.4 Å². The van der Waals surface area contributed by atoms with Gasteiger partial charge < -0.3 is 14.5 Å². The number of nitrogens with zero attached hydrogens (tertiary/aromatic N) is 2. The first-order valence-corrected chi connectivity index (χ1v) is 9.09. The summed E-state index contributed by atoms with van der Waals surface area (Å²) in [4.78, 5) is 11.8. The quantitative estimate of drug-likeness (QED) is 0.698. The fourth-order valence-corrected chi connectivity index (χ4v) is 2.77. The second-order valence-electron chi connectivity index (χ2n) is 5.38. The molecular weight excluding hydrogens is 326 g/mol. The van der Waals surface area contributed by atoms with Crippen LogP contribution in [0.1, 0.15) is 33.6 Å². The van der Waals surface area contributed by atoms with Crippen LogP contribution in [0.5, 0.6) is 5.75 Å². The second kappa shape index (κ2) is 9.32. The van der Waals surface area contributed by atoms with Crippen molar-refractivity contribution in [2.75, 3.05) is 12.4 Å². The average molecular weight is 349 g/mol. The summed E-state index contributed by atoms with van der Waals surface area (Å²) in [6.07, 6.45) is 2.02. The molecule has 1 heterocycles. The zero-order valence-corrected chi connectivity index (χ0v) is 15.1. The number of rotatable bonds is 9. The lowest BCUT2D eigenvalue weighted by atomic mass is 10.2. The number of carbonyl (C=O) groups excluding carboxylic acids is 1. The molecule has 1 atom stereocenters. The van der Waals surface area contributed by atoms with Gasteiger partial charge in [-0.1, -0.05) is 25.1 Å². The molecule has 1 amide bonds. The van der Waals surface area contributed by atoms with Gasteiger partial charge in [0.05, 0.1) is 12.4 Å². The maximum absolute atomic E-state index is 11.8. The molecule has 2 rings (SSSR count). The van der Waals surface area contributed by atoms with Crippen molar-refractivity contribution < 1.29 is 13.9 Å². The lowest BCUT2D eigenvalue weighted by Crippen LogP contribution is -2.33. The summed E-state index contributed by atoms with van der Waals surface area (Å²) >= 11 is 1.24. The molecule has 1 aromatic carbocycles. The van der Waals surface area contributed by atoms with Crippen LogP contribution in [0.4, 0.5) is 0 Å². The Labute approximate surface area is 146 Å². The molecule has 0 unspecified atom stereocenters. The Morgan fingerprint density at radius 1 is 1.29 bits per heavy atom. The van der Waals surface area contributed by atoms with Crippen LogP contribution in [0, 0.1) is 0 Å². The highest BCUT2D eigenvalue weighted by molar-refractivity contribution is 7.99. The molecule has 0 radical (unpaired) electrons. The molecule has 7 heteroatoms. The molecule has 0 spiro atoms. The lowest BCUT2D eigenvalue weighted by Gasteiger charge is -2.11. The molecule has 1 aromatic heterocycles. The van der Waals surface area contributed by atoms with Crippen molar-refractivity contribution >= 4 is 17.7 Å². The number of amides is 1. The molecule has 2 aromatic rings. The van der Waals surface area contributed by atoms with Gasteiger partial charge in [-0.2, -0.15) is 0 Å². The summed E-state index contributed by atoms with van der Waals surface area (Å²) in [5.41, 5.74) is 0.818. The largest absolute Gasteiger partial charge is 0.494 e. The van der Waals surface area contributed by atoms with Gasteiger partial charge in [-0.15, -0.1) is 10.2 Å². The van der Waals surface area contributed by atoms with Crippen molar-refractivity contribution in [1.82, 2.24) is 15.5 Å². The second-order valence-corrected chi connectivity index (χ2v) is 6.30. The third kappa shape index (κ3) is 5.56. The van der Waals surface area contributed by atoms with E-state index in [1.807, 2.05) is 38.1 Å². The summed E-state index contributed by atoms with van der Waals surface area (Å²) in [5.74, 6) is 1.47. The smallest absolute Gasteiger partial charge is 0.277 e. The molecule has 0 fully saturated rings. The van der Waals surface area contributed by atoms with E-state index in [0.717, 1.165) is 24.2 Å². The van der Waals surface area contributed by atoms with Crippen molar-refractivity contribution in [2.24, 2.45) is 0 Å². The van der Waals surface area contributed by atoms with Crippen molar-refractivity contribution in [1.29, 1.82) is 0 Å². The molecule has 6 nitrogen and oxygen atoms in total. The van der Waals surface area contributed by atoms with Crippen LogP contribution in [0.15, 0.2) is 33.9 Å². The van der Waals surface area contributed by atoms with Crippen LogP contribution in [0.2, 0.25) is 0 Å². The first-order chi connectivity index (χ1) is 11.6. The van der Waals surface area contributed by atoms with E-state index >= 15 is 0 Å². The molecular formula is C17H23N3O3S. The Morgan fingerprint density at radius 2 is 2.04 bits per heavy atom. The van der Waals surface area contributed by atoms with Gasteiger partial charge in [0.2, 0.25) is 11.8 Å². The van der Waals surface area contributed by atoms with Crippen molar-refractivity contribution in [3.8, 4) is 17.2 Å². The van der Waals surface area contributed by atoms with E-state index in [1.165, 1.54) is 11.8 Å². The zero-order valence-electron chi connectivity index (χ0n) is 14.2. The Kier molecular flexibility index (Phi) is 7.11. The highest BCUT2D eigenvalue weighted by atomic mass is 32.2. The molecule has 24 heavy (non-hydrogen) atoms. The first-order valence-electron chi connectivity index (χ1n) is 8.11. The van der Waals surface area contributed by atoms with Crippen molar-refractivity contribution in [2.45, 2.75) is 44.9 Å². The van der Waals surface area contributed by atoms with Crippen LogP contribution >= 0.6 is 11.8 Å². The highest BCUT2D eigenvalue weighted by Crippen LogP contribution is 2.24. The van der Waals surface area contributed by atoms with E-state index in [1.54, 1.807) is 0 Å². The third-order valence-corrected chi connectivity index (χ3v) is 4.09. The number of aromatic nitrogens is 2. The number of thioether (sulfide) groups is 1. The van der Waals surface area contributed by atoms with E-state index < -0.39 is 0 Å². The number of benzene rings is 1. The predicted octanol–water partition coefficient (Wildman–Crippen LogP) is 3.53. The molecule has 0 aliphatic rings. The molecule has 0 bridgehead atoms. The van der Waals surface area contributed by atoms with E-state index in [0.29, 0.717) is 17.7 Å². The predicted molar refractivity (Wildman–Crippen MR) is 94.1 cm³/mol. The number of nitrogens with one attached hydrogen (secondary N) is 1. The monoisotopic (exact) mass is 349 g/mol. The van der Waals surface area contributed by atoms with Gasteiger partial charge in [-0.3, -0.25) is 4.79 Å². The van der Waals surface area contributed by atoms with Gasteiger partial charge in [0.15, 0.2) is 0 Å². The number of ether oxygens (including phenoxy) is 1. The number of hydrogen-bond donors (Lipinski definition) is 1. The van der Waals surface area contributed by atoms with Gasteiger partial charge >= 0.3 is 0 Å². The van der Waals surface area contributed by atoms with Crippen LogP contribution in [0.25, 0.3) is 11.5 Å². The van der Waals surface area contributed by atoms with Gasteiger partial charge in [0, 0.05) is 11.6 Å². The summed E-state index contributed by atoms with van der Waals surface area (Å²) in [6, 6.07) is 7.64. The van der Waals surface area contributed by atoms with Gasteiger partial charge in [0.1, 0.15) is 5.75 Å². The van der Waals surface area contributed by atoms with Crippen molar-refractivity contribution in [3.63, 3.8) is 0 Å². The molecule has 0 saturated heterocycles. The summed E-state index contributed by atoms with van der Waals surface area (Å²) in [5, 5.41) is 11.3. The minimum Gasteiger partial charge on any atom is -0.494 e. The van der Waals surface area contributed by atoms with E-state index in [4.69, 9.17) is 9.15 Å². The van der Waals surface area contributed by atoms with Crippen LogP contribution in [-0.2, 0) is 4.79 Å². The van der Waals surface area contributed by atoms with E-state index in [9.17, 15) is 4.79 Å². The summed E-state index contributed by atoms with van der Waals surface area (Å²) in [6.45, 7) is 6.66. The Hall–Kier alpha value is -2.02. The summed E-state index contributed by atoms with van der Waals surface area (Å²) in [7, 11) is 0. The van der Waals surface area contributed by atoms with Crippen LogP contribution < -0.4 is 10.1 Å². The zero-order chi connectivity index (χ0) is 17.4. The van der Waals surface area contributed by atoms with Crippen LogP contribution in [0.3, 0.4) is 0 Å². The fraction of sp³-hybridized carbons (Fsp3) is 0.471. The van der Waals surface area contributed by atoms with Crippen molar-refractivity contribution in [3.05, 3.63) is 24.3 Å². The number of hydrogen-bond acceptors (Lipinski definition) is 6. The molecule has 1 N–H and O–H groups in total. The Balaban J connectivity index is 1.87. The van der Waals surface area contributed by atoms with Crippen LogP contribution in [-0.4, -0.2) is 34.5 Å². The highest BCUT2D eigenvalue weighted by Gasteiger charge is 2.12. The molecule has 0 aliphatic heterocycles. The third-order valence-electron chi connectivity index (χ3n) is 3.27. The maximum Gasteiger partial charge on any atom is 0.277 e. The fourth-order valence-electron chi connectivity index (χ4n) is 2.19.